The summed E-state index contributed by atoms with van der Waals surface area (Å²) in [4.78, 5) is 16.3. The van der Waals surface area contributed by atoms with Crippen molar-refractivity contribution in [2.45, 2.75) is 38.1 Å². The maximum absolute atomic E-state index is 12.0. The number of urea groups is 1. The van der Waals surface area contributed by atoms with Gasteiger partial charge < -0.3 is 10.6 Å². The lowest BCUT2D eigenvalue weighted by Gasteiger charge is -2.22. The van der Waals surface area contributed by atoms with E-state index in [0.29, 0.717) is 6.04 Å². The van der Waals surface area contributed by atoms with Crippen LogP contribution in [-0.2, 0) is 0 Å². The molecule has 1 fully saturated rings. The average molecular weight is 269 g/mol. The summed E-state index contributed by atoms with van der Waals surface area (Å²) in [6, 6.07) is 10.0. The molecule has 0 radical (unpaired) electrons. The zero-order valence-corrected chi connectivity index (χ0v) is 11.4. The summed E-state index contributed by atoms with van der Waals surface area (Å²) < 4.78 is 0. The summed E-state index contributed by atoms with van der Waals surface area (Å²) in [6.07, 6.45) is 7.58. The van der Waals surface area contributed by atoms with Crippen molar-refractivity contribution >= 4 is 22.6 Å². The third kappa shape index (κ3) is 3.07. The van der Waals surface area contributed by atoms with Gasteiger partial charge in [-0.3, -0.25) is 4.98 Å². The number of pyridine rings is 1. The summed E-state index contributed by atoms with van der Waals surface area (Å²) in [6.45, 7) is 0. The van der Waals surface area contributed by atoms with E-state index in [1.807, 2.05) is 30.3 Å². The van der Waals surface area contributed by atoms with Crippen LogP contribution in [0.4, 0.5) is 10.5 Å². The number of benzene rings is 1. The maximum Gasteiger partial charge on any atom is 0.319 e. The maximum atomic E-state index is 12.0. The number of carbonyl (C=O) groups excluding carboxylic acids is 1. The summed E-state index contributed by atoms with van der Waals surface area (Å²) in [7, 11) is 0. The van der Waals surface area contributed by atoms with Crippen LogP contribution in [0.2, 0.25) is 0 Å². The highest BCUT2D eigenvalue weighted by Gasteiger charge is 2.15. The van der Waals surface area contributed by atoms with Crippen molar-refractivity contribution in [2.75, 3.05) is 5.32 Å². The van der Waals surface area contributed by atoms with Gasteiger partial charge in [0.2, 0.25) is 0 Å². The molecule has 0 saturated heterocycles. The third-order valence-corrected chi connectivity index (χ3v) is 3.79. The predicted molar refractivity (Wildman–Crippen MR) is 80.8 cm³/mol. The smallest absolute Gasteiger partial charge is 0.319 e. The van der Waals surface area contributed by atoms with Crippen molar-refractivity contribution in [3.05, 3.63) is 36.5 Å². The van der Waals surface area contributed by atoms with Gasteiger partial charge in [0.25, 0.3) is 0 Å². The number of nitrogens with one attached hydrogen (secondary N) is 2. The second kappa shape index (κ2) is 5.90. The minimum Gasteiger partial charge on any atom is -0.335 e. The molecule has 4 heteroatoms. The Morgan fingerprint density at radius 3 is 2.80 bits per heavy atom. The van der Waals surface area contributed by atoms with E-state index in [4.69, 9.17) is 0 Å². The molecule has 0 unspecified atom stereocenters. The molecule has 0 aliphatic heterocycles. The molecule has 0 bridgehead atoms. The molecule has 4 nitrogen and oxygen atoms in total. The second-order valence-electron chi connectivity index (χ2n) is 5.35. The van der Waals surface area contributed by atoms with Crippen LogP contribution >= 0.6 is 0 Å². The summed E-state index contributed by atoms with van der Waals surface area (Å²) in [5.41, 5.74) is 1.67. The molecule has 0 spiro atoms. The number of amides is 2. The van der Waals surface area contributed by atoms with Crippen molar-refractivity contribution in [1.82, 2.24) is 10.3 Å². The minimum atomic E-state index is -0.131. The predicted octanol–water partition coefficient (Wildman–Crippen LogP) is 3.69. The summed E-state index contributed by atoms with van der Waals surface area (Å²) >= 11 is 0. The number of nitrogens with zero attached hydrogens (tertiary/aromatic N) is 1. The van der Waals surface area contributed by atoms with Crippen LogP contribution in [0.5, 0.6) is 0 Å². The van der Waals surface area contributed by atoms with Crippen LogP contribution < -0.4 is 10.6 Å². The molecule has 1 heterocycles. The summed E-state index contributed by atoms with van der Waals surface area (Å²) in [5, 5.41) is 6.94. The first-order valence-corrected chi connectivity index (χ1v) is 7.23. The Balaban J connectivity index is 1.64. The van der Waals surface area contributed by atoms with Crippen LogP contribution in [0.1, 0.15) is 32.1 Å². The fourth-order valence-corrected chi connectivity index (χ4v) is 2.74. The molecular weight excluding hydrogens is 250 g/mol. The van der Waals surface area contributed by atoms with Crippen molar-refractivity contribution < 1.29 is 4.79 Å². The number of aromatic nitrogens is 1. The fourth-order valence-electron chi connectivity index (χ4n) is 2.74. The fraction of sp³-hybridized carbons (Fsp3) is 0.375. The Kier molecular flexibility index (Phi) is 3.81. The van der Waals surface area contributed by atoms with Crippen molar-refractivity contribution in [3.8, 4) is 0 Å². The van der Waals surface area contributed by atoms with E-state index in [0.717, 1.165) is 29.4 Å². The Morgan fingerprint density at radius 1 is 1.15 bits per heavy atom. The largest absolute Gasteiger partial charge is 0.335 e. The quantitative estimate of drug-likeness (QED) is 0.873. The number of rotatable bonds is 2. The van der Waals surface area contributed by atoms with Gasteiger partial charge in [0, 0.05) is 11.4 Å². The molecule has 1 aromatic heterocycles. The van der Waals surface area contributed by atoms with Gasteiger partial charge >= 0.3 is 6.03 Å². The number of para-hydroxylation sites is 1. The van der Waals surface area contributed by atoms with Crippen LogP contribution in [0, 0.1) is 0 Å². The van der Waals surface area contributed by atoms with Crippen LogP contribution in [0.15, 0.2) is 36.5 Å². The molecule has 1 aliphatic carbocycles. The second-order valence-corrected chi connectivity index (χ2v) is 5.35. The van der Waals surface area contributed by atoms with E-state index in [-0.39, 0.29) is 6.03 Å². The highest BCUT2D eigenvalue weighted by Crippen LogP contribution is 2.18. The lowest BCUT2D eigenvalue weighted by molar-refractivity contribution is 0.244. The molecule has 0 atom stereocenters. The monoisotopic (exact) mass is 269 g/mol. The summed E-state index contributed by atoms with van der Waals surface area (Å²) in [5.74, 6) is 0. The topological polar surface area (TPSA) is 54.0 Å². The molecule has 2 amide bonds. The molecule has 20 heavy (non-hydrogen) atoms. The number of fused-ring (bicyclic) bond motifs is 1. The van der Waals surface area contributed by atoms with E-state index < -0.39 is 0 Å². The van der Waals surface area contributed by atoms with Gasteiger partial charge in [-0.15, -0.1) is 0 Å². The first-order valence-electron chi connectivity index (χ1n) is 7.23. The van der Waals surface area contributed by atoms with E-state index in [9.17, 15) is 4.79 Å². The molecular formula is C16H19N3O. The van der Waals surface area contributed by atoms with Gasteiger partial charge in [0.1, 0.15) is 0 Å². The zero-order chi connectivity index (χ0) is 13.8. The number of carbonyl (C=O) groups is 1. The van der Waals surface area contributed by atoms with Gasteiger partial charge in [0.15, 0.2) is 0 Å². The van der Waals surface area contributed by atoms with Gasteiger partial charge in [0.05, 0.1) is 17.4 Å². The first kappa shape index (κ1) is 12.9. The number of anilines is 1. The Morgan fingerprint density at radius 2 is 1.95 bits per heavy atom. The highest BCUT2D eigenvalue weighted by molar-refractivity contribution is 5.92. The van der Waals surface area contributed by atoms with E-state index in [1.54, 1.807) is 6.20 Å². The van der Waals surface area contributed by atoms with E-state index in [1.165, 1.54) is 19.3 Å². The van der Waals surface area contributed by atoms with Crippen molar-refractivity contribution in [3.63, 3.8) is 0 Å². The van der Waals surface area contributed by atoms with Crippen LogP contribution in [-0.4, -0.2) is 17.1 Å². The normalized spacial score (nSPS) is 16.0. The number of hydrogen-bond acceptors (Lipinski definition) is 2. The Bertz CT molecular complexity index is 605. The lowest BCUT2D eigenvalue weighted by Crippen LogP contribution is -2.39. The zero-order valence-electron chi connectivity index (χ0n) is 11.4. The molecule has 2 N–H and O–H groups in total. The lowest BCUT2D eigenvalue weighted by atomic mass is 9.96. The molecule has 1 aromatic carbocycles. The van der Waals surface area contributed by atoms with Gasteiger partial charge in [-0.2, -0.15) is 0 Å². The van der Waals surface area contributed by atoms with Gasteiger partial charge in [-0.1, -0.05) is 37.5 Å². The average Bonchev–Trinajstić information content (AvgIpc) is 2.48. The molecule has 1 saturated carbocycles. The van der Waals surface area contributed by atoms with Crippen LogP contribution in [0.3, 0.4) is 0 Å². The SMILES string of the molecule is O=C(Nc1cnc2ccccc2c1)NC1CCCCC1. The first-order chi connectivity index (χ1) is 9.81. The van der Waals surface area contributed by atoms with Gasteiger partial charge in [-0.05, 0) is 25.0 Å². The standard InChI is InChI=1S/C16H19N3O/c20-16(18-13-7-2-1-3-8-13)19-14-10-12-6-4-5-9-15(12)17-11-14/h4-6,9-11,13H,1-3,7-8H2,(H2,18,19,20). The van der Waals surface area contributed by atoms with E-state index >= 15 is 0 Å². The highest BCUT2D eigenvalue weighted by atomic mass is 16.2. The molecule has 104 valence electrons. The third-order valence-electron chi connectivity index (χ3n) is 3.79. The molecule has 2 aromatic rings. The molecule has 1 aliphatic rings. The Hall–Kier alpha value is -2.10. The van der Waals surface area contributed by atoms with E-state index in [2.05, 4.69) is 15.6 Å². The van der Waals surface area contributed by atoms with Crippen LogP contribution in [0.25, 0.3) is 10.9 Å². The van der Waals surface area contributed by atoms with Crippen molar-refractivity contribution in [1.29, 1.82) is 0 Å². The van der Waals surface area contributed by atoms with Gasteiger partial charge in [-0.25, -0.2) is 4.79 Å². The van der Waals surface area contributed by atoms with Crippen molar-refractivity contribution in [2.24, 2.45) is 0 Å². The molecule has 3 rings (SSSR count). The number of hydrogen-bond donors (Lipinski definition) is 2. The minimum absolute atomic E-state index is 0.131. The Labute approximate surface area is 118 Å².